The van der Waals surface area contributed by atoms with Gasteiger partial charge in [0, 0.05) is 29.7 Å². The van der Waals surface area contributed by atoms with E-state index < -0.39 is 70.2 Å². The number of carbonyl (C=O) groups is 8. The second-order valence-corrected chi connectivity index (χ2v) is 23.8. The Kier molecular flexibility index (Phi) is 32.7. The Bertz CT molecular complexity index is 2060. The van der Waals surface area contributed by atoms with Crippen LogP contribution in [0.3, 0.4) is 0 Å². The number of carbonyl (C=O) groups excluding carboxylic acids is 8. The lowest BCUT2D eigenvalue weighted by atomic mass is 10.1. The van der Waals surface area contributed by atoms with E-state index in [-0.39, 0.29) is 120 Å². The van der Waals surface area contributed by atoms with Crippen LogP contribution in [0, 0.1) is 0 Å². The molecule has 0 radical (unpaired) electrons. The fourth-order valence-corrected chi connectivity index (χ4v) is 7.51. The summed E-state index contributed by atoms with van der Waals surface area (Å²) in [5.41, 5.74) is -1.67. The first-order chi connectivity index (χ1) is 37.9. The summed E-state index contributed by atoms with van der Waals surface area (Å²) >= 11 is 0. The van der Waals surface area contributed by atoms with Crippen molar-refractivity contribution in [3.8, 4) is 0 Å². The predicted octanol–water partition coefficient (Wildman–Crippen LogP) is 9.46. The number of ether oxygens (including phenoxy) is 9. The predicted molar refractivity (Wildman–Crippen MR) is 305 cm³/mol. The van der Waals surface area contributed by atoms with E-state index >= 15 is 0 Å². The Morgan fingerprint density at radius 2 is 0.741 bits per heavy atom. The van der Waals surface area contributed by atoms with E-state index in [4.69, 9.17) is 42.6 Å². The first-order valence-corrected chi connectivity index (χ1v) is 28.4. The molecule has 0 atom stereocenters. The van der Waals surface area contributed by atoms with E-state index in [0.717, 1.165) is 50.5 Å². The maximum absolute atomic E-state index is 14.2. The van der Waals surface area contributed by atoms with E-state index in [1.807, 2.05) is 30.3 Å². The summed E-state index contributed by atoms with van der Waals surface area (Å²) in [4.78, 5) is 104. The molecule has 3 N–H and O–H groups in total. The molecule has 81 heavy (non-hydrogen) atoms. The van der Waals surface area contributed by atoms with Crippen molar-refractivity contribution < 1.29 is 81.0 Å². The molecule has 20 nitrogen and oxygen atoms in total. The first-order valence-electron chi connectivity index (χ1n) is 28.4. The van der Waals surface area contributed by atoms with Gasteiger partial charge in [-0.25, -0.2) is 0 Å². The molecule has 2 aromatic carbocycles. The van der Waals surface area contributed by atoms with Gasteiger partial charge < -0.3 is 58.6 Å². The Hall–Kier alpha value is -5.96. The van der Waals surface area contributed by atoms with E-state index in [9.17, 15) is 38.4 Å². The third-order valence-corrected chi connectivity index (χ3v) is 10.9. The molecule has 20 heteroatoms. The Balaban J connectivity index is 2.26. The summed E-state index contributed by atoms with van der Waals surface area (Å²) < 4.78 is 50.1. The fraction of sp³-hybridized carbons (Fsp3) is 0.672. The van der Waals surface area contributed by atoms with Crippen molar-refractivity contribution >= 4 is 53.3 Å². The number of nitrogens with one attached hydrogen (secondary N) is 3. The minimum atomic E-state index is -0.820. The second-order valence-electron chi connectivity index (χ2n) is 23.8. The molecule has 456 valence electrons. The van der Waals surface area contributed by atoms with Crippen LogP contribution >= 0.6 is 0 Å². The van der Waals surface area contributed by atoms with Gasteiger partial charge in [-0.05, 0) is 120 Å². The number of unbranched alkanes of at least 4 members (excludes halogenated alkanes) is 7. The van der Waals surface area contributed by atoms with Gasteiger partial charge in [-0.1, -0.05) is 68.9 Å². The van der Waals surface area contributed by atoms with Crippen LogP contribution in [-0.2, 0) is 78.0 Å². The van der Waals surface area contributed by atoms with Gasteiger partial charge >= 0.3 is 29.8 Å². The van der Waals surface area contributed by atoms with Crippen LogP contribution in [0.15, 0.2) is 48.5 Å². The Morgan fingerprint density at radius 3 is 1.09 bits per heavy atom. The van der Waals surface area contributed by atoms with Gasteiger partial charge in [0.05, 0.1) is 90.6 Å². The molecule has 2 aromatic rings. The molecular formula is C61H95N3O17. The molecule has 0 fully saturated rings. The minimum Gasteiger partial charge on any atom is -0.461 e. The van der Waals surface area contributed by atoms with E-state index in [1.165, 1.54) is 18.2 Å². The molecular weight excluding hydrogens is 1050 g/mol. The van der Waals surface area contributed by atoms with Gasteiger partial charge in [-0.15, -0.1) is 0 Å². The maximum atomic E-state index is 14.2. The summed E-state index contributed by atoms with van der Waals surface area (Å²) in [5.74, 6) is -3.73. The number of amides is 3. The smallest absolute Gasteiger partial charge is 0.308 e. The Labute approximate surface area is 480 Å². The number of hydrogen-bond donors (Lipinski definition) is 3. The molecule has 0 spiro atoms. The lowest BCUT2D eigenvalue weighted by molar-refractivity contribution is -0.157. The molecule has 0 aliphatic heterocycles. The quantitative estimate of drug-likeness (QED) is 0.0321. The van der Waals surface area contributed by atoms with Crippen LogP contribution in [0.25, 0.3) is 0 Å². The van der Waals surface area contributed by atoms with Crippen LogP contribution in [0.2, 0.25) is 0 Å². The lowest BCUT2D eigenvalue weighted by Crippen LogP contribution is -2.43. The van der Waals surface area contributed by atoms with Gasteiger partial charge in [0.15, 0.2) is 0 Å². The van der Waals surface area contributed by atoms with Gasteiger partial charge in [0.2, 0.25) is 5.91 Å². The maximum Gasteiger partial charge on any atom is 0.308 e. The van der Waals surface area contributed by atoms with Crippen molar-refractivity contribution in [3.05, 3.63) is 65.2 Å². The molecule has 0 bridgehead atoms. The van der Waals surface area contributed by atoms with Crippen molar-refractivity contribution in [2.45, 2.75) is 214 Å². The summed E-state index contributed by atoms with van der Waals surface area (Å²) in [7, 11) is 0. The number of rotatable bonds is 38. The standard InChI is InChI=1S/C61H95N3O17/c1-58(2,3)78-52(67)28-32-73-40-48(41-74-33-29-53(68)79-59(4,5)6)63-56(71)45-36-46(57(72)64-49(42-75-34-30-54(69)80-60(7,8)9)43-76-35-31-55(70)81-61(10,11)12)38-47(37-45)62-50(65)26-22-17-15-13-14-16-18-23-27-51(66)77-39-44-24-20-19-21-25-44/h19-21,24-25,36-38,48-49H,13-18,22-23,26-35,39-43H2,1-12H3,(H,62,65)(H,63,71)(H,64,72). The molecule has 3 amide bonds. The van der Waals surface area contributed by atoms with Crippen LogP contribution in [0.5, 0.6) is 0 Å². The van der Waals surface area contributed by atoms with Crippen LogP contribution < -0.4 is 16.0 Å². The minimum absolute atomic E-state index is 0.00620. The van der Waals surface area contributed by atoms with Gasteiger partial charge in [-0.3, -0.25) is 38.4 Å². The summed E-state index contributed by atoms with van der Waals surface area (Å²) in [5, 5.41) is 8.60. The number of anilines is 1. The molecule has 0 saturated carbocycles. The number of esters is 5. The highest BCUT2D eigenvalue weighted by Crippen LogP contribution is 2.19. The van der Waals surface area contributed by atoms with Gasteiger partial charge in [-0.2, -0.15) is 0 Å². The Morgan fingerprint density at radius 1 is 0.407 bits per heavy atom. The third kappa shape index (κ3) is 38.4. The molecule has 0 unspecified atom stereocenters. The fourth-order valence-electron chi connectivity index (χ4n) is 7.51. The summed E-state index contributed by atoms with van der Waals surface area (Å²) in [6.45, 7) is 20.7. The molecule has 0 saturated heterocycles. The average Bonchev–Trinajstić information content (AvgIpc) is 3.34. The molecule has 0 aliphatic carbocycles. The largest absolute Gasteiger partial charge is 0.461 e. The first kappa shape index (κ1) is 71.1. The monoisotopic (exact) mass is 1140 g/mol. The molecule has 0 aromatic heterocycles. The highest BCUT2D eigenvalue weighted by atomic mass is 16.6. The molecule has 2 rings (SSSR count). The van der Waals surface area contributed by atoms with Crippen molar-refractivity contribution in [1.29, 1.82) is 0 Å². The topological polar surface area (TPSA) is 256 Å². The number of benzene rings is 2. The van der Waals surface area contributed by atoms with E-state index in [0.29, 0.717) is 12.8 Å². The summed E-state index contributed by atoms with van der Waals surface area (Å²) in [6.07, 6.45) is 7.29. The molecule has 0 heterocycles. The zero-order chi connectivity index (χ0) is 60.5. The van der Waals surface area contributed by atoms with Crippen molar-refractivity contribution in [3.63, 3.8) is 0 Å². The highest BCUT2D eigenvalue weighted by molar-refractivity contribution is 6.03. The van der Waals surface area contributed by atoms with Gasteiger partial charge in [0.1, 0.15) is 29.0 Å². The number of hydrogen-bond acceptors (Lipinski definition) is 17. The average molecular weight is 1140 g/mol. The van der Waals surface area contributed by atoms with Gasteiger partial charge in [0.25, 0.3) is 11.8 Å². The zero-order valence-corrected chi connectivity index (χ0v) is 50.5. The van der Waals surface area contributed by atoms with Crippen molar-refractivity contribution in [2.75, 3.05) is 58.2 Å². The SMILES string of the molecule is CC(C)(C)OC(=O)CCOCC(COCCC(=O)OC(C)(C)C)NC(=O)c1cc(NC(=O)CCCCCCCCCCC(=O)OCc2ccccc2)cc(C(=O)NC(COCCC(=O)OC(C)(C)C)COCCC(=O)OC(C)(C)C)c1. The summed E-state index contributed by atoms with van der Waals surface area (Å²) in [6, 6.07) is 12.2. The van der Waals surface area contributed by atoms with E-state index in [1.54, 1.807) is 83.1 Å². The normalized spacial score (nSPS) is 11.9. The van der Waals surface area contributed by atoms with Crippen molar-refractivity contribution in [1.82, 2.24) is 10.6 Å². The highest BCUT2D eigenvalue weighted by Gasteiger charge is 2.24. The lowest BCUT2D eigenvalue weighted by Gasteiger charge is -2.22. The molecule has 0 aliphatic rings. The van der Waals surface area contributed by atoms with E-state index in [2.05, 4.69) is 16.0 Å². The van der Waals surface area contributed by atoms with Crippen molar-refractivity contribution in [2.24, 2.45) is 0 Å². The van der Waals surface area contributed by atoms with Crippen LogP contribution in [0.1, 0.15) is 199 Å². The third-order valence-electron chi connectivity index (χ3n) is 10.9. The zero-order valence-electron chi connectivity index (χ0n) is 50.5. The van der Waals surface area contributed by atoms with Crippen LogP contribution in [0.4, 0.5) is 5.69 Å². The van der Waals surface area contributed by atoms with Crippen LogP contribution in [-0.4, -0.2) is 135 Å². The second kappa shape index (κ2) is 37.2.